The number of rotatable bonds is 7. The Morgan fingerprint density at radius 1 is 1.00 bits per heavy atom. The second-order valence-corrected chi connectivity index (χ2v) is 9.51. The summed E-state index contributed by atoms with van der Waals surface area (Å²) in [7, 11) is 0. The third-order valence-corrected chi connectivity index (χ3v) is 7.03. The molecule has 2 aliphatic heterocycles. The summed E-state index contributed by atoms with van der Waals surface area (Å²) in [6, 6.07) is 18.3. The number of hydrogen-bond acceptors (Lipinski definition) is 5. The van der Waals surface area contributed by atoms with Crippen LogP contribution in [0.4, 0.5) is 14.5 Å². The summed E-state index contributed by atoms with van der Waals surface area (Å²) in [4.78, 5) is 14.8. The number of halogens is 2. The van der Waals surface area contributed by atoms with Crippen molar-refractivity contribution >= 4 is 11.4 Å². The van der Waals surface area contributed by atoms with Crippen LogP contribution < -0.4 is 4.90 Å². The fourth-order valence-electron chi connectivity index (χ4n) is 5.23. The van der Waals surface area contributed by atoms with Crippen LogP contribution in [0.15, 0.2) is 72.0 Å². The van der Waals surface area contributed by atoms with Gasteiger partial charge < -0.3 is 9.74 Å². The third-order valence-electron chi connectivity index (χ3n) is 7.03. The van der Waals surface area contributed by atoms with Gasteiger partial charge in [0.05, 0.1) is 5.69 Å². The van der Waals surface area contributed by atoms with E-state index in [1.807, 2.05) is 25.3 Å². The zero-order chi connectivity index (χ0) is 24.3. The van der Waals surface area contributed by atoms with Crippen molar-refractivity contribution < 1.29 is 13.6 Å². The van der Waals surface area contributed by atoms with Crippen molar-refractivity contribution in [1.82, 2.24) is 9.88 Å². The molecule has 2 aromatic carbocycles. The normalized spacial score (nSPS) is 20.7. The van der Waals surface area contributed by atoms with Crippen molar-refractivity contribution in [2.45, 2.75) is 26.3 Å². The lowest BCUT2D eigenvalue weighted by atomic mass is 9.86. The maximum Gasteiger partial charge on any atom is 0.159 e. The number of nitrogens with zero attached hydrogens (tertiary/aromatic N) is 4. The van der Waals surface area contributed by atoms with Gasteiger partial charge in [-0.25, -0.2) is 8.78 Å². The molecule has 2 fully saturated rings. The molecule has 0 amide bonds. The molecule has 5 nitrogen and oxygen atoms in total. The molecule has 0 N–H and O–H groups in total. The first-order chi connectivity index (χ1) is 17.0. The van der Waals surface area contributed by atoms with Gasteiger partial charge in [0.25, 0.3) is 0 Å². The van der Waals surface area contributed by atoms with Crippen molar-refractivity contribution in [2.24, 2.45) is 10.6 Å². The fraction of sp³-hybridized carbons (Fsp3) is 0.357. The van der Waals surface area contributed by atoms with E-state index >= 15 is 0 Å². The van der Waals surface area contributed by atoms with Gasteiger partial charge in [-0.3, -0.25) is 9.88 Å². The van der Waals surface area contributed by atoms with E-state index in [1.54, 1.807) is 0 Å². The monoisotopic (exact) mass is 476 g/mol. The number of aromatic nitrogens is 1. The highest BCUT2D eigenvalue weighted by Gasteiger charge is 2.43. The Kier molecular flexibility index (Phi) is 6.77. The Morgan fingerprint density at radius 2 is 1.83 bits per heavy atom. The van der Waals surface area contributed by atoms with Crippen LogP contribution in [0.3, 0.4) is 0 Å². The van der Waals surface area contributed by atoms with Crippen LogP contribution in [0.2, 0.25) is 0 Å². The van der Waals surface area contributed by atoms with Crippen LogP contribution in [0.25, 0.3) is 0 Å². The average molecular weight is 477 g/mol. The lowest BCUT2D eigenvalue weighted by Gasteiger charge is -2.25. The smallest absolute Gasteiger partial charge is 0.159 e. The molecule has 0 aliphatic carbocycles. The first-order valence-corrected chi connectivity index (χ1v) is 12.2. The highest BCUT2D eigenvalue weighted by molar-refractivity contribution is 6.11. The summed E-state index contributed by atoms with van der Waals surface area (Å²) < 4.78 is 27.2. The number of pyridine rings is 1. The van der Waals surface area contributed by atoms with Gasteiger partial charge >= 0.3 is 0 Å². The van der Waals surface area contributed by atoms with Crippen molar-refractivity contribution in [1.29, 1.82) is 0 Å². The minimum absolute atomic E-state index is 0.354. The van der Waals surface area contributed by atoms with Gasteiger partial charge in [0.1, 0.15) is 12.3 Å². The Balaban J connectivity index is 1.25. The standard InChI is InChI=1S/C28H30F2N4O/c1-2-35-32-27(22-9-10-24(29)25(30)16-22)26-11-8-21(17-31-26)18-33-14-12-28(19-33)13-15-34(20-28)23-6-4-3-5-7-23/h3-11,16-17H,2,12-15,18-20H2,1H3/b32-27-. The molecule has 0 saturated carbocycles. The van der Waals surface area contributed by atoms with E-state index in [0.29, 0.717) is 29.0 Å². The van der Waals surface area contributed by atoms with Crippen LogP contribution >= 0.6 is 0 Å². The summed E-state index contributed by atoms with van der Waals surface area (Å²) in [5.74, 6) is -1.82. The largest absolute Gasteiger partial charge is 0.396 e. The number of hydrogen-bond donors (Lipinski definition) is 0. The summed E-state index contributed by atoms with van der Waals surface area (Å²) in [5.41, 5.74) is 4.14. The number of likely N-dealkylation sites (tertiary alicyclic amines) is 1. The third kappa shape index (κ3) is 5.20. The van der Waals surface area contributed by atoms with Crippen LogP contribution in [0.1, 0.15) is 36.6 Å². The van der Waals surface area contributed by atoms with E-state index in [9.17, 15) is 8.78 Å². The molecule has 182 valence electrons. The highest BCUT2D eigenvalue weighted by atomic mass is 19.2. The van der Waals surface area contributed by atoms with Crippen LogP contribution in [-0.4, -0.2) is 48.4 Å². The van der Waals surface area contributed by atoms with E-state index in [4.69, 9.17) is 4.84 Å². The van der Waals surface area contributed by atoms with Gasteiger partial charge in [-0.05, 0) is 68.3 Å². The number of benzene rings is 2. The summed E-state index contributed by atoms with van der Waals surface area (Å²) in [6.07, 6.45) is 4.27. The van der Waals surface area contributed by atoms with E-state index < -0.39 is 11.6 Å². The zero-order valence-corrected chi connectivity index (χ0v) is 20.0. The van der Waals surface area contributed by atoms with E-state index in [-0.39, 0.29) is 0 Å². The lowest BCUT2D eigenvalue weighted by Crippen LogP contribution is -2.30. The SMILES string of the molecule is CCO/N=C(/c1ccc(F)c(F)c1)c1ccc(CN2CCC3(CCN(c4ccccc4)C3)C2)cn1. The van der Waals surface area contributed by atoms with Gasteiger partial charge in [0, 0.05) is 49.0 Å². The zero-order valence-electron chi connectivity index (χ0n) is 20.0. The van der Waals surface area contributed by atoms with Gasteiger partial charge in [0.15, 0.2) is 11.6 Å². The molecule has 0 radical (unpaired) electrons. The molecular formula is C28H30F2N4O. The molecule has 0 bridgehead atoms. The summed E-state index contributed by atoms with van der Waals surface area (Å²) in [5, 5.41) is 4.12. The molecule has 7 heteroatoms. The molecule has 3 heterocycles. The molecule has 2 aliphatic rings. The lowest BCUT2D eigenvalue weighted by molar-refractivity contribution is 0.159. The number of para-hydroxylation sites is 1. The average Bonchev–Trinajstić information content (AvgIpc) is 3.49. The Hall–Kier alpha value is -3.32. The van der Waals surface area contributed by atoms with Crippen LogP contribution in [0.5, 0.6) is 0 Å². The molecule has 3 aromatic rings. The minimum Gasteiger partial charge on any atom is -0.396 e. The predicted octanol–water partition coefficient (Wildman–Crippen LogP) is 5.25. The first kappa shape index (κ1) is 23.4. The number of anilines is 1. The molecule has 2 saturated heterocycles. The second-order valence-electron chi connectivity index (χ2n) is 9.51. The van der Waals surface area contributed by atoms with Crippen molar-refractivity contribution in [3.05, 3.63) is 95.3 Å². The summed E-state index contributed by atoms with van der Waals surface area (Å²) >= 11 is 0. The van der Waals surface area contributed by atoms with Crippen molar-refractivity contribution in [3.63, 3.8) is 0 Å². The van der Waals surface area contributed by atoms with Gasteiger partial charge in [0.2, 0.25) is 0 Å². The fourth-order valence-corrected chi connectivity index (χ4v) is 5.23. The topological polar surface area (TPSA) is 41.0 Å². The number of oxime groups is 1. The predicted molar refractivity (Wildman–Crippen MR) is 133 cm³/mol. The van der Waals surface area contributed by atoms with Gasteiger partial charge in [-0.2, -0.15) is 0 Å². The Labute approximate surface area is 205 Å². The molecule has 1 atom stereocenters. The molecular weight excluding hydrogens is 446 g/mol. The van der Waals surface area contributed by atoms with Gasteiger partial charge in [-0.15, -0.1) is 0 Å². The van der Waals surface area contributed by atoms with E-state index in [0.717, 1.165) is 50.4 Å². The Morgan fingerprint density at radius 3 is 2.57 bits per heavy atom. The van der Waals surface area contributed by atoms with Crippen molar-refractivity contribution in [3.8, 4) is 0 Å². The molecule has 1 spiro atoms. The van der Waals surface area contributed by atoms with Crippen molar-refractivity contribution in [2.75, 3.05) is 37.7 Å². The highest BCUT2D eigenvalue weighted by Crippen LogP contribution is 2.41. The first-order valence-electron chi connectivity index (χ1n) is 12.2. The quantitative estimate of drug-likeness (QED) is 0.345. The molecule has 1 unspecified atom stereocenters. The van der Waals surface area contributed by atoms with E-state index in [2.05, 4.69) is 50.3 Å². The maximum atomic E-state index is 13.8. The minimum atomic E-state index is -0.927. The molecule has 1 aromatic heterocycles. The van der Waals surface area contributed by atoms with E-state index in [1.165, 1.54) is 24.6 Å². The molecule has 35 heavy (non-hydrogen) atoms. The second kappa shape index (κ2) is 10.1. The summed E-state index contributed by atoms with van der Waals surface area (Å²) in [6.45, 7) is 7.40. The van der Waals surface area contributed by atoms with Crippen LogP contribution in [-0.2, 0) is 11.4 Å². The van der Waals surface area contributed by atoms with Crippen LogP contribution in [0, 0.1) is 17.0 Å². The Bertz CT molecular complexity index is 1190. The maximum absolute atomic E-state index is 13.8. The molecule has 5 rings (SSSR count). The van der Waals surface area contributed by atoms with Gasteiger partial charge in [-0.1, -0.05) is 29.4 Å².